The SMILES string of the molecule is Cc1cc(C)c(NC(=O)CSc2nnc3c4cc(-c5ccc(F)cc5)nn4ccn23)c(C)c1. The molecule has 33 heavy (non-hydrogen) atoms. The minimum atomic E-state index is -0.291. The Morgan fingerprint density at radius 2 is 1.76 bits per heavy atom. The molecule has 0 radical (unpaired) electrons. The quantitative estimate of drug-likeness (QED) is 0.380. The van der Waals surface area contributed by atoms with Gasteiger partial charge in [0.2, 0.25) is 5.91 Å². The lowest BCUT2D eigenvalue weighted by Crippen LogP contribution is -2.16. The van der Waals surface area contributed by atoms with Gasteiger partial charge in [0, 0.05) is 23.6 Å². The van der Waals surface area contributed by atoms with E-state index in [1.165, 1.54) is 29.5 Å². The van der Waals surface area contributed by atoms with Crippen LogP contribution in [-0.2, 0) is 4.79 Å². The Morgan fingerprint density at radius 3 is 2.48 bits per heavy atom. The second kappa shape index (κ2) is 8.32. The van der Waals surface area contributed by atoms with E-state index in [9.17, 15) is 9.18 Å². The molecule has 7 nitrogen and oxygen atoms in total. The predicted molar refractivity (Wildman–Crippen MR) is 127 cm³/mol. The van der Waals surface area contributed by atoms with Crippen LogP contribution in [0.25, 0.3) is 22.4 Å². The van der Waals surface area contributed by atoms with Gasteiger partial charge in [-0.15, -0.1) is 10.2 Å². The van der Waals surface area contributed by atoms with Crippen molar-refractivity contribution in [2.24, 2.45) is 0 Å². The van der Waals surface area contributed by atoms with E-state index in [1.807, 2.05) is 43.6 Å². The molecule has 1 N–H and O–H groups in total. The molecule has 9 heteroatoms. The number of nitrogens with one attached hydrogen (secondary N) is 1. The monoisotopic (exact) mass is 460 g/mol. The summed E-state index contributed by atoms with van der Waals surface area (Å²) in [5.74, 6) is -0.185. The molecule has 3 heterocycles. The lowest BCUT2D eigenvalue weighted by molar-refractivity contribution is -0.113. The van der Waals surface area contributed by atoms with Gasteiger partial charge in [-0.05, 0) is 62.2 Å². The van der Waals surface area contributed by atoms with Crippen molar-refractivity contribution in [3.63, 3.8) is 0 Å². The fourth-order valence-corrected chi connectivity index (χ4v) is 4.65. The molecule has 0 saturated carbocycles. The molecule has 1 amide bonds. The molecular formula is C24H21FN6OS. The number of benzene rings is 2. The van der Waals surface area contributed by atoms with Crippen molar-refractivity contribution in [3.05, 3.63) is 77.4 Å². The number of amides is 1. The van der Waals surface area contributed by atoms with E-state index in [-0.39, 0.29) is 17.5 Å². The molecule has 0 spiro atoms. The van der Waals surface area contributed by atoms with Crippen molar-refractivity contribution in [2.75, 3.05) is 11.1 Å². The highest BCUT2D eigenvalue weighted by Gasteiger charge is 2.15. The Kier molecular flexibility index (Phi) is 5.33. The normalized spacial score (nSPS) is 11.4. The van der Waals surface area contributed by atoms with E-state index in [0.717, 1.165) is 27.9 Å². The van der Waals surface area contributed by atoms with Crippen molar-refractivity contribution >= 4 is 34.5 Å². The molecule has 5 rings (SSSR count). The van der Waals surface area contributed by atoms with Crippen molar-refractivity contribution in [2.45, 2.75) is 25.9 Å². The Hall–Kier alpha value is -3.72. The molecule has 0 aliphatic rings. The molecule has 0 aliphatic carbocycles. The molecule has 0 aliphatic heterocycles. The first-order valence-electron chi connectivity index (χ1n) is 10.4. The van der Waals surface area contributed by atoms with Gasteiger partial charge in [-0.3, -0.25) is 9.20 Å². The van der Waals surface area contributed by atoms with E-state index in [2.05, 4.69) is 32.7 Å². The summed E-state index contributed by atoms with van der Waals surface area (Å²) in [7, 11) is 0. The number of halogens is 1. The number of aromatic nitrogens is 5. The Bertz CT molecular complexity index is 1480. The van der Waals surface area contributed by atoms with Gasteiger partial charge in [0.1, 0.15) is 11.3 Å². The van der Waals surface area contributed by atoms with Crippen LogP contribution in [0.2, 0.25) is 0 Å². The summed E-state index contributed by atoms with van der Waals surface area (Å²) in [6.07, 6.45) is 3.63. The number of nitrogens with zero attached hydrogens (tertiary/aromatic N) is 5. The number of aryl methyl sites for hydroxylation is 3. The van der Waals surface area contributed by atoms with Gasteiger partial charge in [-0.1, -0.05) is 29.5 Å². The van der Waals surface area contributed by atoms with E-state index in [4.69, 9.17) is 0 Å². The van der Waals surface area contributed by atoms with Crippen molar-refractivity contribution in [1.82, 2.24) is 24.2 Å². The first-order chi connectivity index (χ1) is 15.9. The zero-order valence-electron chi connectivity index (χ0n) is 18.3. The Morgan fingerprint density at radius 1 is 1.03 bits per heavy atom. The standard InChI is InChI=1S/C24H21FN6OS/c1-14-10-15(2)22(16(3)11-14)26-21(32)13-33-24-28-27-23-20-12-19(17-4-6-18(25)7-5-17)29-31(20)9-8-30(23)24/h4-12H,13H2,1-3H3,(H,26,32). The highest BCUT2D eigenvalue weighted by molar-refractivity contribution is 7.99. The predicted octanol–water partition coefficient (Wildman–Crippen LogP) is 4.84. The summed E-state index contributed by atoms with van der Waals surface area (Å²) in [6, 6.07) is 12.2. The maximum absolute atomic E-state index is 13.2. The zero-order valence-corrected chi connectivity index (χ0v) is 19.2. The van der Waals surface area contributed by atoms with E-state index >= 15 is 0 Å². The highest BCUT2D eigenvalue weighted by atomic mass is 32.2. The number of hydrogen-bond acceptors (Lipinski definition) is 5. The summed E-state index contributed by atoms with van der Waals surface area (Å²) in [5.41, 5.74) is 7.03. The van der Waals surface area contributed by atoms with Crippen molar-refractivity contribution < 1.29 is 9.18 Å². The van der Waals surface area contributed by atoms with Crippen LogP contribution in [-0.4, -0.2) is 35.9 Å². The number of thioether (sulfide) groups is 1. The lowest BCUT2D eigenvalue weighted by atomic mass is 10.1. The molecule has 0 fully saturated rings. The maximum atomic E-state index is 13.2. The third-order valence-corrected chi connectivity index (χ3v) is 6.34. The van der Waals surface area contributed by atoms with Crippen molar-refractivity contribution in [1.29, 1.82) is 0 Å². The first-order valence-corrected chi connectivity index (χ1v) is 11.4. The van der Waals surface area contributed by atoms with Crippen LogP contribution in [0, 0.1) is 26.6 Å². The number of rotatable bonds is 5. The molecule has 0 atom stereocenters. The second-order valence-corrected chi connectivity index (χ2v) is 8.89. The summed E-state index contributed by atoms with van der Waals surface area (Å²) in [4.78, 5) is 12.6. The number of carbonyl (C=O) groups excluding carboxylic acids is 1. The van der Waals surface area contributed by atoms with Gasteiger partial charge in [0.25, 0.3) is 0 Å². The largest absolute Gasteiger partial charge is 0.325 e. The average molecular weight is 461 g/mol. The fraction of sp³-hybridized carbons (Fsp3) is 0.167. The Labute approximate surface area is 193 Å². The van der Waals surface area contributed by atoms with E-state index < -0.39 is 0 Å². The van der Waals surface area contributed by atoms with Gasteiger partial charge in [0.15, 0.2) is 10.8 Å². The molecule has 166 valence electrons. The highest BCUT2D eigenvalue weighted by Crippen LogP contribution is 2.25. The summed E-state index contributed by atoms with van der Waals surface area (Å²) in [6.45, 7) is 6.02. The minimum Gasteiger partial charge on any atom is -0.325 e. The van der Waals surface area contributed by atoms with Crippen LogP contribution < -0.4 is 5.32 Å². The summed E-state index contributed by atoms with van der Waals surface area (Å²) < 4.78 is 16.8. The molecular weight excluding hydrogens is 439 g/mol. The number of hydrogen-bond donors (Lipinski definition) is 1. The summed E-state index contributed by atoms with van der Waals surface area (Å²) >= 11 is 1.32. The van der Waals surface area contributed by atoms with Gasteiger partial charge in [-0.25, -0.2) is 8.91 Å². The fourth-order valence-electron chi connectivity index (χ4n) is 3.93. The minimum absolute atomic E-state index is 0.101. The van der Waals surface area contributed by atoms with Gasteiger partial charge in [0.05, 0.1) is 11.4 Å². The lowest BCUT2D eigenvalue weighted by Gasteiger charge is -2.12. The number of fused-ring (bicyclic) bond motifs is 3. The van der Waals surface area contributed by atoms with Gasteiger partial charge in [-0.2, -0.15) is 5.10 Å². The van der Waals surface area contributed by atoms with E-state index in [0.29, 0.717) is 16.5 Å². The third kappa shape index (κ3) is 4.07. The molecule has 0 saturated heterocycles. The van der Waals surface area contributed by atoms with Gasteiger partial charge < -0.3 is 5.32 Å². The van der Waals surface area contributed by atoms with Crippen LogP contribution in [0.5, 0.6) is 0 Å². The van der Waals surface area contributed by atoms with Crippen LogP contribution in [0.3, 0.4) is 0 Å². The average Bonchev–Trinajstić information content (AvgIpc) is 3.39. The molecule has 5 aromatic rings. The smallest absolute Gasteiger partial charge is 0.234 e. The maximum Gasteiger partial charge on any atom is 0.234 e. The zero-order chi connectivity index (χ0) is 23.1. The van der Waals surface area contributed by atoms with Crippen LogP contribution >= 0.6 is 11.8 Å². The topological polar surface area (TPSA) is 76.6 Å². The third-order valence-electron chi connectivity index (χ3n) is 5.40. The molecule has 3 aromatic heterocycles. The van der Waals surface area contributed by atoms with E-state index in [1.54, 1.807) is 16.6 Å². The van der Waals surface area contributed by atoms with Crippen molar-refractivity contribution in [3.8, 4) is 11.3 Å². The summed E-state index contributed by atoms with van der Waals surface area (Å²) in [5, 5.41) is 16.8. The van der Waals surface area contributed by atoms with Crippen LogP contribution in [0.1, 0.15) is 16.7 Å². The first kappa shape index (κ1) is 21.1. The molecule has 2 aromatic carbocycles. The Balaban J connectivity index is 1.36. The molecule has 0 unspecified atom stereocenters. The second-order valence-electron chi connectivity index (χ2n) is 7.95. The van der Waals surface area contributed by atoms with Crippen LogP contribution in [0.4, 0.5) is 10.1 Å². The van der Waals surface area contributed by atoms with Gasteiger partial charge >= 0.3 is 0 Å². The molecule has 0 bridgehead atoms. The van der Waals surface area contributed by atoms with Crippen LogP contribution in [0.15, 0.2) is 60.0 Å². The number of carbonyl (C=O) groups is 1. The number of anilines is 1.